The van der Waals surface area contributed by atoms with Crippen LogP contribution in [0.5, 0.6) is 0 Å². The minimum absolute atomic E-state index is 0.134. The molecule has 0 bridgehead atoms. The summed E-state index contributed by atoms with van der Waals surface area (Å²) < 4.78 is 5.53. The number of aromatic nitrogens is 2. The molecule has 1 aliphatic rings. The van der Waals surface area contributed by atoms with Crippen molar-refractivity contribution in [3.05, 3.63) is 29.1 Å². The second kappa shape index (κ2) is 9.62. The minimum Gasteiger partial charge on any atom is -0.416 e. The molecule has 152 valence electrons. The van der Waals surface area contributed by atoms with Crippen LogP contribution < -0.4 is 10.2 Å². The lowest BCUT2D eigenvalue weighted by Crippen LogP contribution is -2.46. The van der Waals surface area contributed by atoms with Crippen LogP contribution in [0.3, 0.4) is 0 Å². The summed E-state index contributed by atoms with van der Waals surface area (Å²) in [5, 5.41) is 12.0. The molecule has 7 nitrogen and oxygen atoms in total. The number of amides is 1. The summed E-state index contributed by atoms with van der Waals surface area (Å²) in [7, 11) is 0. The van der Waals surface area contributed by atoms with Crippen molar-refractivity contribution in [2.24, 2.45) is 0 Å². The van der Waals surface area contributed by atoms with Crippen LogP contribution in [0.25, 0.3) is 0 Å². The topological polar surface area (TPSA) is 74.5 Å². The third-order valence-electron chi connectivity index (χ3n) is 4.64. The van der Waals surface area contributed by atoms with Gasteiger partial charge < -0.3 is 19.5 Å². The summed E-state index contributed by atoms with van der Waals surface area (Å²) >= 11 is 7.71. The van der Waals surface area contributed by atoms with E-state index < -0.39 is 0 Å². The van der Waals surface area contributed by atoms with E-state index in [1.807, 2.05) is 32.0 Å². The molecule has 0 unspecified atom stereocenters. The molecule has 1 saturated heterocycles. The van der Waals surface area contributed by atoms with Gasteiger partial charge in [-0.05, 0) is 18.7 Å². The number of halogens is 1. The number of piperazine rings is 1. The number of nitrogens with one attached hydrogen (secondary N) is 1. The normalized spacial score (nSPS) is 15.2. The number of nitrogens with zero attached hydrogens (tertiary/aromatic N) is 4. The molecule has 0 aliphatic carbocycles. The van der Waals surface area contributed by atoms with Crippen LogP contribution in [0.4, 0.5) is 11.4 Å². The SMILES string of the molecule is CCN1CCN(c2c(Cl)cccc2NC(=O)CSc2nnc(C(C)C)o2)CC1. The summed E-state index contributed by atoms with van der Waals surface area (Å²) in [6, 6.07) is 5.60. The third-order valence-corrected chi connectivity index (χ3v) is 5.76. The summed E-state index contributed by atoms with van der Waals surface area (Å²) in [4.78, 5) is 17.1. The van der Waals surface area contributed by atoms with Gasteiger partial charge in [0.15, 0.2) is 0 Å². The largest absolute Gasteiger partial charge is 0.416 e. The van der Waals surface area contributed by atoms with Gasteiger partial charge >= 0.3 is 0 Å². The quantitative estimate of drug-likeness (QED) is 0.680. The Morgan fingerprint density at radius 2 is 2.04 bits per heavy atom. The molecule has 1 amide bonds. The van der Waals surface area contributed by atoms with E-state index in [0.29, 0.717) is 16.1 Å². The van der Waals surface area contributed by atoms with Gasteiger partial charge in [-0.25, -0.2) is 0 Å². The van der Waals surface area contributed by atoms with Crippen molar-refractivity contribution >= 4 is 40.6 Å². The number of para-hydroxylation sites is 1. The first-order chi connectivity index (χ1) is 13.5. The van der Waals surface area contributed by atoms with Crippen LogP contribution in [-0.2, 0) is 4.79 Å². The van der Waals surface area contributed by atoms with Crippen molar-refractivity contribution in [1.29, 1.82) is 0 Å². The Morgan fingerprint density at radius 1 is 1.29 bits per heavy atom. The maximum Gasteiger partial charge on any atom is 0.277 e. The number of hydrogen-bond acceptors (Lipinski definition) is 7. The average molecular weight is 424 g/mol. The summed E-state index contributed by atoms with van der Waals surface area (Å²) in [6.07, 6.45) is 0. The highest BCUT2D eigenvalue weighted by molar-refractivity contribution is 7.99. The number of anilines is 2. The molecule has 9 heteroatoms. The molecular weight excluding hydrogens is 398 g/mol. The first-order valence-electron chi connectivity index (χ1n) is 9.49. The van der Waals surface area contributed by atoms with Crippen LogP contribution in [0.15, 0.2) is 27.8 Å². The number of likely N-dealkylation sites (N-methyl/N-ethyl adjacent to an activating group) is 1. The summed E-state index contributed by atoms with van der Waals surface area (Å²) in [5.74, 6) is 0.795. The Balaban J connectivity index is 1.63. The van der Waals surface area contributed by atoms with Gasteiger partial charge in [0.2, 0.25) is 11.8 Å². The van der Waals surface area contributed by atoms with E-state index in [2.05, 4.69) is 32.2 Å². The first kappa shape index (κ1) is 21.0. The van der Waals surface area contributed by atoms with Crippen LogP contribution in [0.2, 0.25) is 5.02 Å². The average Bonchev–Trinajstić information content (AvgIpc) is 3.16. The van der Waals surface area contributed by atoms with Gasteiger partial charge in [0.25, 0.3) is 5.22 Å². The smallest absolute Gasteiger partial charge is 0.277 e. The minimum atomic E-state index is -0.134. The van der Waals surface area contributed by atoms with Crippen molar-refractivity contribution in [2.45, 2.75) is 31.9 Å². The number of benzene rings is 1. The maximum atomic E-state index is 12.5. The molecule has 0 atom stereocenters. The van der Waals surface area contributed by atoms with Gasteiger partial charge in [0.1, 0.15) is 0 Å². The second-order valence-electron chi connectivity index (χ2n) is 6.96. The van der Waals surface area contributed by atoms with E-state index in [0.717, 1.165) is 44.1 Å². The van der Waals surface area contributed by atoms with E-state index in [9.17, 15) is 4.79 Å². The van der Waals surface area contributed by atoms with Crippen molar-refractivity contribution in [2.75, 3.05) is 48.7 Å². The molecule has 0 saturated carbocycles. The van der Waals surface area contributed by atoms with E-state index in [4.69, 9.17) is 16.0 Å². The lowest BCUT2D eigenvalue weighted by atomic mass is 10.2. The number of thioether (sulfide) groups is 1. The van der Waals surface area contributed by atoms with Crippen LogP contribution in [0.1, 0.15) is 32.6 Å². The highest BCUT2D eigenvalue weighted by Gasteiger charge is 2.21. The highest BCUT2D eigenvalue weighted by atomic mass is 35.5. The third kappa shape index (κ3) is 5.18. The Labute approximate surface area is 174 Å². The van der Waals surface area contributed by atoms with Crippen molar-refractivity contribution < 1.29 is 9.21 Å². The fraction of sp³-hybridized carbons (Fsp3) is 0.526. The van der Waals surface area contributed by atoms with E-state index in [-0.39, 0.29) is 17.6 Å². The first-order valence-corrected chi connectivity index (χ1v) is 10.9. The molecule has 3 rings (SSSR count). The number of rotatable bonds is 7. The number of carbonyl (C=O) groups excluding carboxylic acids is 1. The van der Waals surface area contributed by atoms with Gasteiger partial charge in [0, 0.05) is 32.1 Å². The molecule has 1 aromatic carbocycles. The highest BCUT2D eigenvalue weighted by Crippen LogP contribution is 2.34. The summed E-state index contributed by atoms with van der Waals surface area (Å²) in [5.41, 5.74) is 1.62. The van der Waals surface area contributed by atoms with Crippen molar-refractivity contribution in [3.8, 4) is 0 Å². The van der Waals surface area contributed by atoms with E-state index in [1.54, 1.807) is 0 Å². The molecule has 28 heavy (non-hydrogen) atoms. The van der Waals surface area contributed by atoms with Crippen LogP contribution >= 0.6 is 23.4 Å². The Morgan fingerprint density at radius 3 is 2.68 bits per heavy atom. The zero-order valence-electron chi connectivity index (χ0n) is 16.4. The van der Waals surface area contributed by atoms with E-state index in [1.165, 1.54) is 11.8 Å². The molecule has 1 aliphatic heterocycles. The molecule has 2 aromatic rings. The lowest BCUT2D eigenvalue weighted by molar-refractivity contribution is -0.113. The maximum absolute atomic E-state index is 12.5. The Hall–Kier alpha value is -1.77. The molecule has 1 fully saturated rings. The van der Waals surface area contributed by atoms with Gasteiger partial charge in [0.05, 0.1) is 22.2 Å². The fourth-order valence-electron chi connectivity index (χ4n) is 3.05. The molecule has 1 N–H and O–H groups in total. The van der Waals surface area contributed by atoms with Crippen molar-refractivity contribution in [3.63, 3.8) is 0 Å². The lowest BCUT2D eigenvalue weighted by Gasteiger charge is -2.36. The predicted molar refractivity (Wildman–Crippen MR) is 114 cm³/mol. The van der Waals surface area contributed by atoms with Crippen molar-refractivity contribution in [1.82, 2.24) is 15.1 Å². The molecular formula is C19H26ClN5O2S. The van der Waals surface area contributed by atoms with Gasteiger partial charge in [-0.3, -0.25) is 4.79 Å². The Bertz CT molecular complexity index is 805. The zero-order valence-corrected chi connectivity index (χ0v) is 18.0. The fourth-order valence-corrected chi connectivity index (χ4v) is 3.91. The van der Waals surface area contributed by atoms with Gasteiger partial charge in [-0.2, -0.15) is 0 Å². The standard InChI is InChI=1S/C19H26ClN5O2S/c1-4-24-8-10-25(11-9-24)17-14(20)6-5-7-15(17)21-16(26)12-28-19-23-22-18(27-19)13(2)3/h5-7,13H,4,8-12H2,1-3H3,(H,21,26). The van der Waals surface area contributed by atoms with E-state index >= 15 is 0 Å². The van der Waals surface area contributed by atoms with Crippen LogP contribution in [0, 0.1) is 0 Å². The number of hydrogen-bond donors (Lipinski definition) is 1. The molecule has 0 radical (unpaired) electrons. The number of carbonyl (C=O) groups is 1. The monoisotopic (exact) mass is 423 g/mol. The Kier molecular flexibility index (Phi) is 7.20. The van der Waals surface area contributed by atoms with Crippen LogP contribution in [-0.4, -0.2) is 59.5 Å². The van der Waals surface area contributed by atoms with Gasteiger partial charge in [-0.15, -0.1) is 10.2 Å². The zero-order chi connectivity index (χ0) is 20.1. The molecule has 0 spiro atoms. The predicted octanol–water partition coefficient (Wildman–Crippen LogP) is 3.72. The second-order valence-corrected chi connectivity index (χ2v) is 8.29. The van der Waals surface area contributed by atoms with Gasteiger partial charge in [-0.1, -0.05) is 50.2 Å². The molecule has 2 heterocycles. The summed E-state index contributed by atoms with van der Waals surface area (Å²) in [6.45, 7) is 10.9. The molecule has 1 aromatic heterocycles.